The average molecular weight is 467 g/mol. The first-order valence-electron chi connectivity index (χ1n) is 11.1. The van der Waals surface area contributed by atoms with E-state index in [0.717, 1.165) is 35.6 Å². The van der Waals surface area contributed by atoms with Crippen LogP contribution in [0.1, 0.15) is 44.7 Å². The summed E-state index contributed by atoms with van der Waals surface area (Å²) in [6.07, 6.45) is 5.89. The van der Waals surface area contributed by atoms with E-state index in [2.05, 4.69) is 47.9 Å². The second kappa shape index (κ2) is 13.8. The lowest BCUT2D eigenvalue weighted by molar-refractivity contribution is 0.197. The summed E-state index contributed by atoms with van der Waals surface area (Å²) in [4.78, 5) is 0. The quantitative estimate of drug-likeness (QED) is 0.204. The molecule has 6 nitrogen and oxygen atoms in total. The van der Waals surface area contributed by atoms with Gasteiger partial charge in [-0.3, -0.25) is 0 Å². The third-order valence-corrected chi connectivity index (χ3v) is 6.38. The van der Waals surface area contributed by atoms with Gasteiger partial charge in [-0.15, -0.1) is 5.10 Å². The van der Waals surface area contributed by atoms with E-state index in [1.165, 1.54) is 11.1 Å². The van der Waals surface area contributed by atoms with Crippen molar-refractivity contribution in [1.82, 2.24) is 5.32 Å². The van der Waals surface area contributed by atoms with Gasteiger partial charge in [0.05, 0.1) is 18.3 Å². The molecule has 1 aliphatic carbocycles. The van der Waals surface area contributed by atoms with Gasteiger partial charge in [0.1, 0.15) is 16.9 Å². The topological polar surface area (TPSA) is 79.0 Å². The maximum absolute atomic E-state index is 9.51. The van der Waals surface area contributed by atoms with Gasteiger partial charge in [0.2, 0.25) is 0 Å². The number of rotatable bonds is 11. The SMILES string of the molecule is C=C\C=C1/C(=C(C)/C(=N/N=C)SCc2ccc(OC(C)C)c(C#N)c2)CCC1NCCOC. The zero-order valence-corrected chi connectivity index (χ0v) is 20.9. The second-order valence-corrected chi connectivity index (χ2v) is 8.91. The highest BCUT2D eigenvalue weighted by atomic mass is 32.2. The van der Waals surface area contributed by atoms with Gasteiger partial charge in [0.25, 0.3) is 0 Å². The van der Waals surface area contributed by atoms with Crippen LogP contribution in [-0.2, 0) is 10.5 Å². The molecule has 0 aliphatic heterocycles. The summed E-state index contributed by atoms with van der Waals surface area (Å²) in [6, 6.07) is 8.22. The van der Waals surface area contributed by atoms with E-state index in [1.807, 2.05) is 38.1 Å². The summed E-state index contributed by atoms with van der Waals surface area (Å²) in [6.45, 7) is 14.9. The molecule has 33 heavy (non-hydrogen) atoms. The molecule has 0 spiro atoms. The van der Waals surface area contributed by atoms with Crippen molar-refractivity contribution in [2.75, 3.05) is 20.3 Å². The summed E-state index contributed by atoms with van der Waals surface area (Å²) in [7, 11) is 1.71. The molecule has 1 N–H and O–H groups in total. The van der Waals surface area contributed by atoms with E-state index in [9.17, 15) is 5.26 Å². The second-order valence-electron chi connectivity index (χ2n) is 7.94. The third kappa shape index (κ3) is 7.71. The molecule has 1 aliphatic rings. The molecule has 0 saturated heterocycles. The van der Waals surface area contributed by atoms with Crippen LogP contribution in [0.5, 0.6) is 5.75 Å². The predicted molar refractivity (Wildman–Crippen MR) is 139 cm³/mol. The number of nitrogens with one attached hydrogen (secondary N) is 1. The molecule has 0 heterocycles. The molecule has 1 saturated carbocycles. The number of nitrogens with zero attached hydrogens (tertiary/aromatic N) is 3. The van der Waals surface area contributed by atoms with Gasteiger partial charge in [-0.05, 0) is 68.0 Å². The predicted octanol–water partition coefficient (Wildman–Crippen LogP) is 5.42. The molecule has 0 radical (unpaired) electrons. The van der Waals surface area contributed by atoms with Gasteiger partial charge in [-0.25, -0.2) is 0 Å². The Morgan fingerprint density at radius 2 is 2.21 bits per heavy atom. The van der Waals surface area contributed by atoms with Gasteiger partial charge in [-0.2, -0.15) is 10.4 Å². The minimum atomic E-state index is 0.0149. The summed E-state index contributed by atoms with van der Waals surface area (Å²) in [5.74, 6) is 1.27. The van der Waals surface area contributed by atoms with E-state index in [0.29, 0.717) is 23.7 Å². The lowest BCUT2D eigenvalue weighted by Crippen LogP contribution is -2.30. The number of ether oxygens (including phenoxy) is 2. The molecule has 1 fully saturated rings. The van der Waals surface area contributed by atoms with Gasteiger partial charge in [0, 0.05) is 32.2 Å². The van der Waals surface area contributed by atoms with Crippen LogP contribution in [0.4, 0.5) is 0 Å². The smallest absolute Gasteiger partial charge is 0.137 e. The van der Waals surface area contributed by atoms with Crippen molar-refractivity contribution in [3.05, 3.63) is 64.8 Å². The van der Waals surface area contributed by atoms with E-state index in [1.54, 1.807) is 18.9 Å². The molecular formula is C26H34N4O2S. The first-order chi connectivity index (χ1) is 15.9. The van der Waals surface area contributed by atoms with Crippen LogP contribution in [0.15, 0.2) is 63.9 Å². The van der Waals surface area contributed by atoms with Crippen LogP contribution in [0.25, 0.3) is 0 Å². The van der Waals surface area contributed by atoms with Crippen LogP contribution >= 0.6 is 11.8 Å². The first-order valence-corrected chi connectivity index (χ1v) is 12.0. The van der Waals surface area contributed by atoms with Gasteiger partial charge < -0.3 is 14.8 Å². The molecular weight excluding hydrogens is 432 g/mol. The van der Waals surface area contributed by atoms with Crippen molar-refractivity contribution < 1.29 is 9.47 Å². The number of methoxy groups -OCH3 is 1. The maximum Gasteiger partial charge on any atom is 0.137 e. The zero-order valence-electron chi connectivity index (χ0n) is 20.1. The van der Waals surface area contributed by atoms with Crippen molar-refractivity contribution in [1.29, 1.82) is 5.26 Å². The van der Waals surface area contributed by atoms with Crippen molar-refractivity contribution >= 4 is 23.5 Å². The van der Waals surface area contributed by atoms with Crippen LogP contribution in [0.3, 0.4) is 0 Å². The summed E-state index contributed by atoms with van der Waals surface area (Å²) in [5, 5.41) is 22.0. The minimum Gasteiger partial charge on any atom is -0.490 e. The molecule has 2 rings (SSSR count). The highest BCUT2D eigenvalue weighted by Gasteiger charge is 2.27. The summed E-state index contributed by atoms with van der Waals surface area (Å²) >= 11 is 1.59. The summed E-state index contributed by atoms with van der Waals surface area (Å²) < 4.78 is 10.9. The molecule has 1 aromatic carbocycles. The number of nitriles is 1. The monoisotopic (exact) mass is 466 g/mol. The van der Waals surface area contributed by atoms with Crippen molar-refractivity contribution in [3.63, 3.8) is 0 Å². The van der Waals surface area contributed by atoms with Crippen LogP contribution in [0, 0.1) is 11.3 Å². The van der Waals surface area contributed by atoms with Gasteiger partial charge in [-0.1, -0.05) is 36.6 Å². The molecule has 0 aromatic heterocycles. The zero-order chi connectivity index (χ0) is 24.2. The van der Waals surface area contributed by atoms with E-state index in [-0.39, 0.29) is 12.1 Å². The molecule has 176 valence electrons. The Morgan fingerprint density at radius 3 is 2.85 bits per heavy atom. The summed E-state index contributed by atoms with van der Waals surface area (Å²) in [5.41, 5.74) is 5.15. The molecule has 1 aromatic rings. The fourth-order valence-corrected chi connectivity index (χ4v) is 4.70. The lowest BCUT2D eigenvalue weighted by Gasteiger charge is -2.16. The van der Waals surface area contributed by atoms with Crippen molar-refractivity contribution in [3.8, 4) is 11.8 Å². The lowest BCUT2D eigenvalue weighted by atomic mass is 10.0. The number of hydrogen-bond acceptors (Lipinski definition) is 7. The Balaban J connectivity index is 2.22. The van der Waals surface area contributed by atoms with Gasteiger partial charge in [0.15, 0.2) is 0 Å². The highest BCUT2D eigenvalue weighted by molar-refractivity contribution is 8.13. The normalized spacial score (nSPS) is 19.0. The average Bonchev–Trinajstić information content (AvgIpc) is 3.19. The number of thioether (sulfide) groups is 1. The minimum absolute atomic E-state index is 0.0149. The Morgan fingerprint density at radius 1 is 1.42 bits per heavy atom. The maximum atomic E-state index is 9.51. The van der Waals surface area contributed by atoms with E-state index in [4.69, 9.17) is 9.47 Å². The van der Waals surface area contributed by atoms with E-state index < -0.39 is 0 Å². The van der Waals surface area contributed by atoms with E-state index >= 15 is 0 Å². The Bertz CT molecular complexity index is 973. The largest absolute Gasteiger partial charge is 0.490 e. The number of hydrogen-bond donors (Lipinski definition) is 1. The van der Waals surface area contributed by atoms with Crippen molar-refractivity contribution in [2.45, 2.75) is 51.5 Å². The molecule has 7 heteroatoms. The third-order valence-electron chi connectivity index (χ3n) is 5.24. The fraction of sp³-hybridized carbons (Fsp3) is 0.423. The molecule has 1 unspecified atom stereocenters. The van der Waals surface area contributed by atoms with Crippen molar-refractivity contribution in [2.24, 2.45) is 10.2 Å². The first kappa shape index (κ1) is 26.6. The van der Waals surface area contributed by atoms with Crippen LogP contribution < -0.4 is 10.1 Å². The van der Waals surface area contributed by atoms with Gasteiger partial charge >= 0.3 is 0 Å². The fourth-order valence-electron chi connectivity index (χ4n) is 3.76. The Labute approximate surface area is 202 Å². The standard InChI is InChI=1S/C26H34N4O2S/c1-7-8-23-22(10-11-24(23)29-13-14-31-6)19(4)26(30-28-5)33-17-20-9-12-25(32-18(2)3)21(15-20)16-27/h7-9,12,15,18,24,29H,1,5,10-11,13-14,17H2,2-4,6H3/b22-19+,23-8+,30-26-. The highest BCUT2D eigenvalue weighted by Crippen LogP contribution is 2.36. The number of benzene rings is 1. The number of allylic oxidation sites excluding steroid dienone is 2. The molecule has 0 bridgehead atoms. The Hall–Kier alpha value is -2.66. The molecule has 1 atom stereocenters. The van der Waals surface area contributed by atoms with Crippen LogP contribution in [0.2, 0.25) is 0 Å². The molecule has 0 amide bonds. The van der Waals surface area contributed by atoms with Crippen LogP contribution in [-0.4, -0.2) is 44.2 Å². The Kier molecular flexibility index (Phi) is 11.1.